The summed E-state index contributed by atoms with van der Waals surface area (Å²) in [7, 11) is 0. The van der Waals surface area contributed by atoms with Crippen LogP contribution in [0.3, 0.4) is 0 Å². The summed E-state index contributed by atoms with van der Waals surface area (Å²) in [5.74, 6) is -0.888. The summed E-state index contributed by atoms with van der Waals surface area (Å²) in [6.07, 6.45) is -0.903. The van der Waals surface area contributed by atoms with E-state index >= 15 is 0 Å². The molecule has 1 heterocycles. The molecule has 0 radical (unpaired) electrons. The number of benzene rings is 1. The zero-order valence-electron chi connectivity index (χ0n) is 11.3. The average molecular weight is 288 g/mol. The van der Waals surface area contributed by atoms with Gasteiger partial charge in [0.25, 0.3) is 0 Å². The first kappa shape index (κ1) is 13.8. The molecule has 0 saturated carbocycles. The lowest BCUT2D eigenvalue weighted by Crippen LogP contribution is -2.33. The first-order valence-electron chi connectivity index (χ1n) is 6.82. The molecule has 2 unspecified atom stereocenters. The van der Waals surface area contributed by atoms with Crippen molar-refractivity contribution in [2.75, 3.05) is 0 Å². The van der Waals surface area contributed by atoms with Gasteiger partial charge in [0.2, 0.25) is 5.91 Å². The molecule has 0 spiro atoms. The number of aromatic amines is 1. The van der Waals surface area contributed by atoms with E-state index in [9.17, 15) is 19.8 Å². The molecule has 1 aliphatic rings. The van der Waals surface area contributed by atoms with E-state index < -0.39 is 18.1 Å². The van der Waals surface area contributed by atoms with Crippen LogP contribution in [0, 0.1) is 0 Å². The highest BCUT2D eigenvalue weighted by Gasteiger charge is 2.26. The van der Waals surface area contributed by atoms with Gasteiger partial charge in [-0.1, -0.05) is 6.07 Å². The Morgan fingerprint density at radius 1 is 1.29 bits per heavy atom. The predicted molar refractivity (Wildman–Crippen MR) is 75.7 cm³/mol. The van der Waals surface area contributed by atoms with Gasteiger partial charge >= 0.3 is 0 Å². The molecule has 1 aliphatic carbocycles. The zero-order chi connectivity index (χ0) is 15.1. The zero-order valence-corrected chi connectivity index (χ0v) is 11.3. The molecule has 110 valence electrons. The first-order valence-corrected chi connectivity index (χ1v) is 6.82. The fraction of sp³-hybridized carbons (Fsp3) is 0.333. The number of amides is 1. The Labute approximate surface area is 120 Å². The number of Topliss-reactive ketones (excluding diaryl/α,β-unsaturated/α-hetero) is 1. The molecule has 21 heavy (non-hydrogen) atoms. The third-order valence-electron chi connectivity index (χ3n) is 3.97. The van der Waals surface area contributed by atoms with Crippen LogP contribution in [0.25, 0.3) is 10.9 Å². The molecule has 6 nitrogen and oxygen atoms in total. The maximum Gasteiger partial charge on any atom is 0.249 e. The van der Waals surface area contributed by atoms with Crippen molar-refractivity contribution in [3.8, 4) is 0 Å². The van der Waals surface area contributed by atoms with Crippen molar-refractivity contribution >= 4 is 22.6 Å². The number of fused-ring (bicyclic) bond motifs is 3. The predicted octanol–water partition coefficient (Wildman–Crippen LogP) is 0.567. The number of nitrogens with two attached hydrogens (primary N) is 1. The van der Waals surface area contributed by atoms with Crippen molar-refractivity contribution in [3.05, 3.63) is 35.0 Å². The number of aryl methyl sites for hydroxylation is 1. The number of primary amides is 1. The summed E-state index contributed by atoms with van der Waals surface area (Å²) < 4.78 is 0. The van der Waals surface area contributed by atoms with Crippen LogP contribution < -0.4 is 5.73 Å². The summed E-state index contributed by atoms with van der Waals surface area (Å²) in [5.41, 5.74) is 7.76. The molecular formula is C15H16N2O4. The van der Waals surface area contributed by atoms with Gasteiger partial charge < -0.3 is 20.9 Å². The number of aliphatic hydroxyl groups excluding tert-OH is 2. The van der Waals surface area contributed by atoms with Crippen LogP contribution in [-0.2, 0) is 11.2 Å². The van der Waals surface area contributed by atoms with E-state index in [1.807, 2.05) is 0 Å². The number of aliphatic hydroxyl groups is 2. The van der Waals surface area contributed by atoms with Crippen LogP contribution in [0.5, 0.6) is 0 Å². The lowest BCUT2D eigenvalue weighted by molar-refractivity contribution is -0.131. The Morgan fingerprint density at radius 2 is 2.05 bits per heavy atom. The van der Waals surface area contributed by atoms with Gasteiger partial charge in [0.05, 0.1) is 5.69 Å². The maximum absolute atomic E-state index is 11.9. The largest absolute Gasteiger partial charge is 0.385 e. The molecule has 2 aromatic rings. The van der Waals surface area contributed by atoms with Gasteiger partial charge in [0.15, 0.2) is 11.9 Å². The lowest BCUT2D eigenvalue weighted by atomic mass is 9.93. The van der Waals surface area contributed by atoms with Crippen LogP contribution in [0.2, 0.25) is 0 Å². The minimum Gasteiger partial charge on any atom is -0.385 e. The Bertz CT molecular complexity index is 735. The van der Waals surface area contributed by atoms with Crippen molar-refractivity contribution in [1.82, 2.24) is 4.98 Å². The lowest BCUT2D eigenvalue weighted by Gasteiger charge is -2.15. The number of hydrogen-bond acceptors (Lipinski definition) is 4. The van der Waals surface area contributed by atoms with E-state index in [1.54, 1.807) is 18.2 Å². The molecule has 0 bridgehead atoms. The number of ketones is 1. The maximum atomic E-state index is 11.9. The third kappa shape index (κ3) is 2.22. The van der Waals surface area contributed by atoms with Gasteiger partial charge in [-0.25, -0.2) is 0 Å². The second-order valence-electron chi connectivity index (χ2n) is 5.35. The van der Waals surface area contributed by atoms with Crippen molar-refractivity contribution < 1.29 is 19.8 Å². The second-order valence-corrected chi connectivity index (χ2v) is 5.35. The molecule has 0 aliphatic heterocycles. The highest BCUT2D eigenvalue weighted by molar-refractivity contribution is 6.03. The molecule has 2 atom stereocenters. The van der Waals surface area contributed by atoms with Gasteiger partial charge in [0.1, 0.15) is 6.10 Å². The molecule has 1 aromatic carbocycles. The normalized spacial score (nSPS) is 17.5. The van der Waals surface area contributed by atoms with Gasteiger partial charge in [-0.15, -0.1) is 0 Å². The average Bonchev–Trinajstić information content (AvgIpc) is 2.85. The number of H-pyrrole nitrogens is 1. The molecule has 3 rings (SSSR count). The van der Waals surface area contributed by atoms with E-state index in [0.717, 1.165) is 29.3 Å². The Hall–Kier alpha value is -2.18. The Balaban J connectivity index is 2.08. The van der Waals surface area contributed by atoms with Crippen molar-refractivity contribution in [3.63, 3.8) is 0 Å². The quantitative estimate of drug-likeness (QED) is 0.660. The fourth-order valence-corrected chi connectivity index (χ4v) is 2.84. The van der Waals surface area contributed by atoms with Crippen molar-refractivity contribution in [2.45, 2.75) is 31.5 Å². The molecule has 5 N–H and O–H groups in total. The Kier molecular flexibility index (Phi) is 3.27. The summed E-state index contributed by atoms with van der Waals surface area (Å²) in [6.45, 7) is 0. The third-order valence-corrected chi connectivity index (χ3v) is 3.97. The van der Waals surface area contributed by atoms with E-state index in [4.69, 9.17) is 5.73 Å². The summed E-state index contributed by atoms with van der Waals surface area (Å²) >= 11 is 0. The minimum atomic E-state index is -1.65. The van der Waals surface area contributed by atoms with E-state index in [2.05, 4.69) is 4.98 Å². The van der Waals surface area contributed by atoms with E-state index in [1.165, 1.54) is 0 Å². The summed E-state index contributed by atoms with van der Waals surface area (Å²) in [6, 6.07) is 5.03. The second kappa shape index (κ2) is 4.98. The fourth-order valence-electron chi connectivity index (χ4n) is 2.84. The highest BCUT2D eigenvalue weighted by Crippen LogP contribution is 2.31. The summed E-state index contributed by atoms with van der Waals surface area (Å²) in [5, 5.41) is 20.4. The van der Waals surface area contributed by atoms with Gasteiger partial charge in [-0.05, 0) is 36.1 Å². The number of carbonyl (C=O) groups excluding carboxylic acids is 2. The number of hydrogen-bond donors (Lipinski definition) is 4. The van der Waals surface area contributed by atoms with Crippen LogP contribution in [-0.4, -0.2) is 33.0 Å². The SMILES string of the molecule is NC(=O)C(O)C(O)c1ccc2[nH]c3c(c2c1)CCCC3=O. The van der Waals surface area contributed by atoms with Crippen LogP contribution >= 0.6 is 0 Å². The molecule has 0 fully saturated rings. The van der Waals surface area contributed by atoms with Crippen LogP contribution in [0.1, 0.15) is 40.6 Å². The molecule has 0 saturated heterocycles. The van der Waals surface area contributed by atoms with Gasteiger partial charge in [0, 0.05) is 17.3 Å². The van der Waals surface area contributed by atoms with Gasteiger partial charge in [-0.3, -0.25) is 9.59 Å². The molecule has 1 aromatic heterocycles. The molecule has 6 heteroatoms. The highest BCUT2D eigenvalue weighted by atomic mass is 16.3. The van der Waals surface area contributed by atoms with E-state index in [-0.39, 0.29) is 5.78 Å². The first-order chi connectivity index (χ1) is 9.99. The number of aromatic nitrogens is 1. The number of nitrogens with one attached hydrogen (secondary N) is 1. The van der Waals surface area contributed by atoms with E-state index in [0.29, 0.717) is 17.7 Å². The Morgan fingerprint density at radius 3 is 2.76 bits per heavy atom. The smallest absolute Gasteiger partial charge is 0.249 e. The van der Waals surface area contributed by atoms with Crippen LogP contribution in [0.4, 0.5) is 0 Å². The standard InChI is InChI=1S/C15H16N2O4/c16-15(21)14(20)13(19)7-4-5-10-9(6-7)8-2-1-3-11(18)12(8)17-10/h4-6,13-14,17,19-20H,1-3H2,(H2,16,21). The van der Waals surface area contributed by atoms with Gasteiger partial charge in [-0.2, -0.15) is 0 Å². The number of rotatable bonds is 3. The topological polar surface area (TPSA) is 116 Å². The summed E-state index contributed by atoms with van der Waals surface area (Å²) in [4.78, 5) is 26.0. The monoisotopic (exact) mass is 288 g/mol. The van der Waals surface area contributed by atoms with Crippen molar-refractivity contribution in [2.24, 2.45) is 5.73 Å². The van der Waals surface area contributed by atoms with Crippen molar-refractivity contribution in [1.29, 1.82) is 0 Å². The molecular weight excluding hydrogens is 272 g/mol. The number of carbonyl (C=O) groups is 2. The molecule has 1 amide bonds. The minimum absolute atomic E-state index is 0.0896. The van der Waals surface area contributed by atoms with Crippen LogP contribution in [0.15, 0.2) is 18.2 Å².